The summed E-state index contributed by atoms with van der Waals surface area (Å²) in [4.78, 5) is 37.0. The molecule has 0 spiro atoms. The van der Waals surface area contributed by atoms with E-state index in [0.717, 1.165) is 5.56 Å². The fraction of sp³-hybridized carbons (Fsp3) is 0.120. The minimum absolute atomic E-state index is 0.00975. The van der Waals surface area contributed by atoms with Gasteiger partial charge in [-0.2, -0.15) is 0 Å². The third-order valence-corrected chi connectivity index (χ3v) is 5.02. The topological polar surface area (TPSA) is 103 Å². The van der Waals surface area contributed by atoms with Crippen LogP contribution in [0.15, 0.2) is 82.8 Å². The van der Waals surface area contributed by atoms with E-state index in [0.29, 0.717) is 28.4 Å². The molecule has 2 aromatic carbocycles. The van der Waals surface area contributed by atoms with Gasteiger partial charge in [0.25, 0.3) is 11.6 Å². The maximum Gasteiger partial charge on any atom is 0.326 e. The third-order valence-electron chi connectivity index (χ3n) is 5.02. The van der Waals surface area contributed by atoms with Crippen molar-refractivity contribution in [3.8, 4) is 11.3 Å². The monoisotopic (exact) mass is 444 g/mol. The number of amides is 1. The quantitative estimate of drug-likeness (QED) is 0.227. The van der Waals surface area contributed by atoms with Gasteiger partial charge in [-0.05, 0) is 48.9 Å². The summed E-state index contributed by atoms with van der Waals surface area (Å²) in [6.45, 7) is 1.74. The van der Waals surface area contributed by atoms with Crippen molar-refractivity contribution in [2.24, 2.45) is 0 Å². The van der Waals surface area contributed by atoms with E-state index in [1.165, 1.54) is 17.0 Å². The molecule has 166 valence electrons. The molecule has 8 nitrogen and oxygen atoms in total. The molecule has 0 radical (unpaired) electrons. The number of carbonyl (C=O) groups excluding carboxylic acids is 2. The van der Waals surface area contributed by atoms with Crippen LogP contribution in [-0.4, -0.2) is 34.9 Å². The number of nitrogens with zero attached hydrogens (tertiary/aromatic N) is 2. The van der Waals surface area contributed by atoms with Crippen LogP contribution in [0.25, 0.3) is 23.1 Å². The molecule has 0 saturated carbocycles. The first-order valence-corrected chi connectivity index (χ1v) is 10.3. The average molecular weight is 444 g/mol. The van der Waals surface area contributed by atoms with E-state index >= 15 is 0 Å². The zero-order valence-corrected chi connectivity index (χ0v) is 17.8. The van der Waals surface area contributed by atoms with Crippen LogP contribution in [0.5, 0.6) is 0 Å². The molecule has 0 N–H and O–H groups in total. The highest BCUT2D eigenvalue weighted by Gasteiger charge is 2.31. The van der Waals surface area contributed by atoms with Crippen LogP contribution >= 0.6 is 0 Å². The Kier molecular flexibility index (Phi) is 6.17. The second-order valence-electron chi connectivity index (χ2n) is 7.20. The molecule has 1 amide bonds. The van der Waals surface area contributed by atoms with Crippen LogP contribution in [0.4, 0.5) is 5.69 Å². The SMILES string of the molecule is CCOC(=O)CN1C(=O)/C(=C/c2ccc(-c3ccc([N+](=O)[O-])cc3)o2)C=C1c1ccccc1. The van der Waals surface area contributed by atoms with Gasteiger partial charge in [0.2, 0.25) is 0 Å². The molecule has 1 aromatic heterocycles. The molecule has 2 heterocycles. The van der Waals surface area contributed by atoms with Crippen LogP contribution in [0.2, 0.25) is 0 Å². The molecule has 4 rings (SSSR count). The van der Waals surface area contributed by atoms with Gasteiger partial charge in [0.15, 0.2) is 0 Å². The highest BCUT2D eigenvalue weighted by atomic mass is 16.6. The van der Waals surface area contributed by atoms with E-state index in [1.807, 2.05) is 30.3 Å². The molecular formula is C25H20N2O6. The van der Waals surface area contributed by atoms with E-state index in [2.05, 4.69) is 0 Å². The van der Waals surface area contributed by atoms with Gasteiger partial charge in [-0.1, -0.05) is 30.3 Å². The van der Waals surface area contributed by atoms with E-state index in [1.54, 1.807) is 43.3 Å². The molecule has 0 unspecified atom stereocenters. The van der Waals surface area contributed by atoms with Gasteiger partial charge in [0.05, 0.1) is 17.2 Å². The number of nitro groups is 1. The van der Waals surface area contributed by atoms with Crippen LogP contribution in [-0.2, 0) is 14.3 Å². The molecule has 0 fully saturated rings. The Hall–Kier alpha value is -4.46. The molecule has 0 saturated heterocycles. The van der Waals surface area contributed by atoms with Crippen LogP contribution < -0.4 is 0 Å². The van der Waals surface area contributed by atoms with Gasteiger partial charge in [-0.15, -0.1) is 0 Å². The Morgan fingerprint density at radius 1 is 1.06 bits per heavy atom. The Balaban J connectivity index is 1.63. The predicted molar refractivity (Wildman–Crippen MR) is 122 cm³/mol. The van der Waals surface area contributed by atoms with Gasteiger partial charge in [0, 0.05) is 23.3 Å². The number of esters is 1. The van der Waals surface area contributed by atoms with Crippen molar-refractivity contribution >= 4 is 29.3 Å². The van der Waals surface area contributed by atoms with Crippen molar-refractivity contribution in [1.82, 2.24) is 4.90 Å². The van der Waals surface area contributed by atoms with Gasteiger partial charge in [-0.3, -0.25) is 24.6 Å². The van der Waals surface area contributed by atoms with E-state index in [4.69, 9.17) is 9.15 Å². The standard InChI is InChI=1S/C25H20N2O6/c1-2-32-24(28)16-26-22(17-6-4-3-5-7-17)15-19(25(26)29)14-21-12-13-23(33-21)18-8-10-20(11-9-18)27(30)31/h3-15H,2,16H2,1H3/b19-14+. The molecular weight excluding hydrogens is 424 g/mol. The number of benzene rings is 2. The number of furan rings is 1. The molecule has 1 aliphatic heterocycles. The molecule has 0 aliphatic carbocycles. The van der Waals surface area contributed by atoms with E-state index in [9.17, 15) is 19.7 Å². The summed E-state index contributed by atoms with van der Waals surface area (Å²) in [5.74, 6) is 0.119. The third kappa shape index (κ3) is 4.74. The van der Waals surface area contributed by atoms with Crippen molar-refractivity contribution in [1.29, 1.82) is 0 Å². The second kappa shape index (κ2) is 9.35. The number of hydrogen-bond donors (Lipinski definition) is 0. The van der Waals surface area contributed by atoms with Gasteiger partial charge < -0.3 is 9.15 Å². The van der Waals surface area contributed by atoms with Gasteiger partial charge in [-0.25, -0.2) is 0 Å². The number of non-ortho nitro benzene ring substituents is 1. The predicted octanol–water partition coefficient (Wildman–Crippen LogP) is 4.68. The maximum absolute atomic E-state index is 13.1. The summed E-state index contributed by atoms with van der Waals surface area (Å²) in [6, 6.07) is 18.7. The fourth-order valence-electron chi connectivity index (χ4n) is 3.48. The van der Waals surface area contributed by atoms with Crippen LogP contribution in [0.1, 0.15) is 18.2 Å². The molecule has 0 atom stereocenters. The summed E-state index contributed by atoms with van der Waals surface area (Å²) in [5.41, 5.74) is 2.42. The van der Waals surface area contributed by atoms with Crippen molar-refractivity contribution in [2.75, 3.05) is 13.2 Å². The first kappa shape index (κ1) is 21.8. The highest BCUT2D eigenvalue weighted by molar-refractivity contribution is 6.11. The van der Waals surface area contributed by atoms with Crippen molar-refractivity contribution in [3.63, 3.8) is 0 Å². The largest absolute Gasteiger partial charge is 0.465 e. The maximum atomic E-state index is 13.1. The number of carbonyl (C=O) groups is 2. The normalized spacial score (nSPS) is 14.5. The number of ether oxygens (including phenoxy) is 1. The van der Waals surface area contributed by atoms with E-state index in [-0.39, 0.29) is 24.7 Å². The Labute approximate surface area is 189 Å². The first-order valence-electron chi connectivity index (χ1n) is 10.3. The Morgan fingerprint density at radius 3 is 2.45 bits per heavy atom. The van der Waals surface area contributed by atoms with Gasteiger partial charge in [0.1, 0.15) is 18.1 Å². The first-order chi connectivity index (χ1) is 16.0. The number of hydrogen-bond acceptors (Lipinski definition) is 6. The fourth-order valence-corrected chi connectivity index (χ4v) is 3.48. The molecule has 3 aromatic rings. The minimum Gasteiger partial charge on any atom is -0.465 e. The van der Waals surface area contributed by atoms with Gasteiger partial charge >= 0.3 is 5.97 Å². The molecule has 1 aliphatic rings. The lowest BCUT2D eigenvalue weighted by Crippen LogP contribution is -2.32. The molecule has 0 bridgehead atoms. The minimum atomic E-state index is -0.493. The number of nitro benzene ring substituents is 1. The summed E-state index contributed by atoms with van der Waals surface area (Å²) < 4.78 is 10.9. The summed E-state index contributed by atoms with van der Waals surface area (Å²) in [6.07, 6.45) is 3.32. The highest BCUT2D eigenvalue weighted by Crippen LogP contribution is 2.32. The van der Waals surface area contributed by atoms with E-state index < -0.39 is 10.9 Å². The number of rotatable bonds is 7. The van der Waals surface area contributed by atoms with Crippen LogP contribution in [0, 0.1) is 10.1 Å². The molecule has 8 heteroatoms. The Bertz CT molecular complexity index is 1260. The smallest absolute Gasteiger partial charge is 0.326 e. The lowest BCUT2D eigenvalue weighted by molar-refractivity contribution is -0.384. The zero-order chi connectivity index (χ0) is 23.4. The summed E-state index contributed by atoms with van der Waals surface area (Å²) >= 11 is 0. The second-order valence-corrected chi connectivity index (χ2v) is 7.20. The lowest BCUT2D eigenvalue weighted by atomic mass is 10.1. The molecule has 33 heavy (non-hydrogen) atoms. The zero-order valence-electron chi connectivity index (χ0n) is 17.8. The van der Waals surface area contributed by atoms with Crippen molar-refractivity contribution in [3.05, 3.63) is 99.8 Å². The van der Waals surface area contributed by atoms with Crippen LogP contribution in [0.3, 0.4) is 0 Å². The average Bonchev–Trinajstić information content (AvgIpc) is 3.40. The lowest BCUT2D eigenvalue weighted by Gasteiger charge is -2.19. The summed E-state index contributed by atoms with van der Waals surface area (Å²) in [5, 5.41) is 10.8. The van der Waals surface area contributed by atoms with Crippen molar-refractivity contribution in [2.45, 2.75) is 6.92 Å². The van der Waals surface area contributed by atoms with Crippen molar-refractivity contribution < 1.29 is 23.7 Å². The Morgan fingerprint density at radius 2 is 1.79 bits per heavy atom. The summed E-state index contributed by atoms with van der Waals surface area (Å²) in [7, 11) is 0.